The number of aromatic nitrogens is 2. The number of amides is 1. The number of hydrogen-bond acceptors (Lipinski definition) is 4. The molecule has 2 fully saturated rings. The van der Waals surface area contributed by atoms with E-state index in [1.54, 1.807) is 17.0 Å². The SMILES string of the molecule is N#Cc1ccccc1N(C(=O)c1ccn(C2CCOCC2)n1)C1CCC1. The van der Waals surface area contributed by atoms with Crippen molar-refractivity contribution in [2.75, 3.05) is 18.1 Å². The molecule has 1 aliphatic carbocycles. The number of benzene rings is 1. The number of anilines is 1. The fourth-order valence-corrected chi connectivity index (χ4v) is 3.62. The molecule has 1 aliphatic heterocycles. The summed E-state index contributed by atoms with van der Waals surface area (Å²) in [5, 5.41) is 14.0. The lowest BCUT2D eigenvalue weighted by molar-refractivity contribution is 0.0660. The van der Waals surface area contributed by atoms with Gasteiger partial charge in [-0.05, 0) is 50.3 Å². The number of nitriles is 1. The van der Waals surface area contributed by atoms with E-state index in [-0.39, 0.29) is 18.0 Å². The van der Waals surface area contributed by atoms with Crippen LogP contribution in [0.3, 0.4) is 0 Å². The summed E-state index contributed by atoms with van der Waals surface area (Å²) in [5.41, 5.74) is 1.65. The molecule has 0 unspecified atom stereocenters. The molecule has 6 nitrogen and oxygen atoms in total. The monoisotopic (exact) mass is 350 g/mol. The van der Waals surface area contributed by atoms with E-state index < -0.39 is 0 Å². The van der Waals surface area contributed by atoms with Crippen molar-refractivity contribution < 1.29 is 9.53 Å². The van der Waals surface area contributed by atoms with E-state index >= 15 is 0 Å². The fraction of sp³-hybridized carbons (Fsp3) is 0.450. The highest BCUT2D eigenvalue weighted by Crippen LogP contribution is 2.33. The summed E-state index contributed by atoms with van der Waals surface area (Å²) < 4.78 is 7.30. The van der Waals surface area contributed by atoms with Crippen molar-refractivity contribution in [3.63, 3.8) is 0 Å². The largest absolute Gasteiger partial charge is 0.381 e. The molecule has 6 heteroatoms. The van der Waals surface area contributed by atoms with E-state index in [1.807, 2.05) is 29.1 Å². The molecule has 4 rings (SSSR count). The number of ether oxygens (including phenoxy) is 1. The lowest BCUT2D eigenvalue weighted by Gasteiger charge is -2.37. The first-order valence-electron chi connectivity index (χ1n) is 9.23. The van der Waals surface area contributed by atoms with Crippen LogP contribution in [-0.4, -0.2) is 34.9 Å². The number of rotatable bonds is 4. The molecule has 1 aromatic carbocycles. The van der Waals surface area contributed by atoms with Gasteiger partial charge in [-0.3, -0.25) is 9.48 Å². The highest BCUT2D eigenvalue weighted by atomic mass is 16.5. The van der Waals surface area contributed by atoms with Gasteiger partial charge in [-0.25, -0.2) is 0 Å². The average Bonchev–Trinajstić information content (AvgIpc) is 3.15. The maximum absolute atomic E-state index is 13.3. The lowest BCUT2D eigenvalue weighted by atomic mass is 9.90. The van der Waals surface area contributed by atoms with Crippen molar-refractivity contribution in [3.05, 3.63) is 47.8 Å². The summed E-state index contributed by atoms with van der Waals surface area (Å²) in [6.07, 6.45) is 6.76. The number of carbonyl (C=O) groups is 1. The Balaban J connectivity index is 1.63. The van der Waals surface area contributed by atoms with Crippen molar-refractivity contribution in [1.82, 2.24) is 9.78 Å². The highest BCUT2D eigenvalue weighted by Gasteiger charge is 2.33. The van der Waals surface area contributed by atoms with Gasteiger partial charge in [-0.15, -0.1) is 0 Å². The first kappa shape index (κ1) is 16.8. The molecule has 1 saturated carbocycles. The maximum Gasteiger partial charge on any atom is 0.279 e. The third-order valence-electron chi connectivity index (χ3n) is 5.34. The van der Waals surface area contributed by atoms with Gasteiger partial charge in [0.15, 0.2) is 5.69 Å². The van der Waals surface area contributed by atoms with Gasteiger partial charge in [0.05, 0.1) is 17.3 Å². The molecule has 1 amide bonds. The maximum atomic E-state index is 13.3. The predicted molar refractivity (Wildman–Crippen MR) is 96.9 cm³/mol. The smallest absolute Gasteiger partial charge is 0.279 e. The molecule has 0 atom stereocenters. The van der Waals surface area contributed by atoms with Crippen LogP contribution in [0.2, 0.25) is 0 Å². The van der Waals surface area contributed by atoms with Crippen molar-refractivity contribution in [2.45, 2.75) is 44.2 Å². The van der Waals surface area contributed by atoms with Crippen LogP contribution in [0.5, 0.6) is 0 Å². The number of hydrogen-bond donors (Lipinski definition) is 0. The molecule has 2 aromatic rings. The lowest BCUT2D eigenvalue weighted by Crippen LogP contribution is -2.45. The summed E-state index contributed by atoms with van der Waals surface area (Å²) in [5.74, 6) is -0.122. The molecule has 134 valence electrons. The minimum absolute atomic E-state index is 0.122. The molecule has 2 heterocycles. The van der Waals surface area contributed by atoms with Gasteiger partial charge in [-0.2, -0.15) is 10.4 Å². The summed E-state index contributed by atoms with van der Waals surface area (Å²) in [7, 11) is 0. The average molecular weight is 350 g/mol. The molecule has 0 spiro atoms. The van der Waals surface area contributed by atoms with Crippen LogP contribution in [0, 0.1) is 11.3 Å². The number of nitrogens with zero attached hydrogens (tertiary/aromatic N) is 4. The van der Waals surface area contributed by atoms with E-state index in [4.69, 9.17) is 4.74 Å². The minimum atomic E-state index is -0.122. The van der Waals surface area contributed by atoms with Crippen molar-refractivity contribution >= 4 is 11.6 Å². The quantitative estimate of drug-likeness (QED) is 0.848. The minimum Gasteiger partial charge on any atom is -0.381 e. The van der Waals surface area contributed by atoms with Gasteiger partial charge in [0.25, 0.3) is 5.91 Å². The molecule has 0 bridgehead atoms. The highest BCUT2D eigenvalue weighted by molar-refractivity contribution is 6.06. The molecule has 0 radical (unpaired) electrons. The predicted octanol–water partition coefficient (Wildman–Crippen LogP) is 3.31. The van der Waals surface area contributed by atoms with E-state index in [2.05, 4.69) is 11.2 Å². The van der Waals surface area contributed by atoms with Crippen LogP contribution < -0.4 is 4.90 Å². The summed E-state index contributed by atoms with van der Waals surface area (Å²) in [4.78, 5) is 15.0. The van der Waals surface area contributed by atoms with E-state index in [0.717, 1.165) is 45.3 Å². The summed E-state index contributed by atoms with van der Waals surface area (Å²) in [6.45, 7) is 1.47. The number of carbonyl (C=O) groups excluding carboxylic acids is 1. The Kier molecular flexibility index (Phi) is 4.72. The second-order valence-corrected chi connectivity index (χ2v) is 6.91. The Morgan fingerprint density at radius 3 is 2.65 bits per heavy atom. The second kappa shape index (κ2) is 7.30. The Bertz CT molecular complexity index is 828. The first-order chi connectivity index (χ1) is 12.8. The van der Waals surface area contributed by atoms with E-state index in [0.29, 0.717) is 16.9 Å². The zero-order valence-electron chi connectivity index (χ0n) is 14.7. The molecular formula is C20H22N4O2. The van der Waals surface area contributed by atoms with Crippen molar-refractivity contribution in [1.29, 1.82) is 5.26 Å². The van der Waals surface area contributed by atoms with Crippen LogP contribution in [0.4, 0.5) is 5.69 Å². The molecule has 1 saturated heterocycles. The van der Waals surface area contributed by atoms with Crippen LogP contribution >= 0.6 is 0 Å². The van der Waals surface area contributed by atoms with Gasteiger partial charge in [0, 0.05) is 25.5 Å². The van der Waals surface area contributed by atoms with Crippen LogP contribution in [0.25, 0.3) is 0 Å². The fourth-order valence-electron chi connectivity index (χ4n) is 3.62. The van der Waals surface area contributed by atoms with Crippen molar-refractivity contribution in [3.8, 4) is 6.07 Å². The van der Waals surface area contributed by atoms with Crippen LogP contribution in [-0.2, 0) is 4.74 Å². The zero-order chi connectivity index (χ0) is 17.9. The van der Waals surface area contributed by atoms with Gasteiger partial charge in [0.2, 0.25) is 0 Å². The van der Waals surface area contributed by atoms with E-state index in [9.17, 15) is 10.1 Å². The third kappa shape index (κ3) is 3.11. The topological polar surface area (TPSA) is 71.2 Å². The van der Waals surface area contributed by atoms with Gasteiger partial charge in [0.1, 0.15) is 6.07 Å². The second-order valence-electron chi connectivity index (χ2n) is 6.91. The van der Waals surface area contributed by atoms with Gasteiger partial charge < -0.3 is 9.64 Å². The van der Waals surface area contributed by atoms with Crippen LogP contribution in [0.1, 0.15) is 54.2 Å². The normalized spacial score (nSPS) is 18.1. The summed E-state index contributed by atoms with van der Waals surface area (Å²) >= 11 is 0. The standard InChI is InChI=1S/C20H22N4O2/c21-14-15-4-1-2-7-19(15)24(17-5-3-6-17)20(25)18-8-11-23(22-18)16-9-12-26-13-10-16/h1-2,4,7-8,11,16-17H,3,5-6,9-10,12-13H2. The molecular weight excluding hydrogens is 328 g/mol. The Morgan fingerprint density at radius 1 is 1.19 bits per heavy atom. The Labute approximate surface area is 153 Å². The van der Waals surface area contributed by atoms with Gasteiger partial charge in [-0.1, -0.05) is 12.1 Å². The third-order valence-corrected chi connectivity index (χ3v) is 5.34. The number of para-hydroxylation sites is 1. The Morgan fingerprint density at radius 2 is 1.96 bits per heavy atom. The van der Waals surface area contributed by atoms with Gasteiger partial charge >= 0.3 is 0 Å². The Hall–Kier alpha value is -2.65. The van der Waals surface area contributed by atoms with E-state index in [1.165, 1.54) is 0 Å². The van der Waals surface area contributed by atoms with Crippen LogP contribution in [0.15, 0.2) is 36.5 Å². The molecule has 2 aliphatic rings. The molecule has 1 aromatic heterocycles. The molecule has 0 N–H and O–H groups in total. The molecule has 26 heavy (non-hydrogen) atoms. The summed E-state index contributed by atoms with van der Waals surface area (Å²) in [6, 6.07) is 11.7. The zero-order valence-corrected chi connectivity index (χ0v) is 14.7. The first-order valence-corrected chi connectivity index (χ1v) is 9.23. The van der Waals surface area contributed by atoms with Crippen molar-refractivity contribution in [2.24, 2.45) is 0 Å².